The fourth-order valence-electron chi connectivity index (χ4n) is 3.06. The Morgan fingerprint density at radius 3 is 2.83 bits per heavy atom. The molecule has 120 valence electrons. The van der Waals surface area contributed by atoms with Crippen LogP contribution >= 0.6 is 0 Å². The Morgan fingerprint density at radius 2 is 2.17 bits per heavy atom. The van der Waals surface area contributed by atoms with Crippen LogP contribution in [0, 0.1) is 31.0 Å². The number of terminal acetylenes is 1. The summed E-state index contributed by atoms with van der Waals surface area (Å²) in [6.07, 6.45) is 6.82. The van der Waals surface area contributed by atoms with Gasteiger partial charge in [-0.25, -0.2) is 8.78 Å². The first-order valence-corrected chi connectivity index (χ1v) is 7.43. The van der Waals surface area contributed by atoms with Crippen LogP contribution in [0.3, 0.4) is 0 Å². The van der Waals surface area contributed by atoms with Crippen LogP contribution in [0.1, 0.15) is 12.5 Å². The van der Waals surface area contributed by atoms with E-state index in [1.807, 2.05) is 6.92 Å². The van der Waals surface area contributed by atoms with Crippen molar-refractivity contribution < 1.29 is 8.78 Å². The van der Waals surface area contributed by atoms with Gasteiger partial charge in [0.15, 0.2) is 11.2 Å². The highest BCUT2D eigenvalue weighted by Crippen LogP contribution is 2.30. The van der Waals surface area contributed by atoms with Crippen molar-refractivity contribution >= 4 is 16.6 Å². The first-order chi connectivity index (χ1) is 10.9. The molecule has 23 heavy (non-hydrogen) atoms. The van der Waals surface area contributed by atoms with Crippen molar-refractivity contribution in [3.63, 3.8) is 0 Å². The van der Waals surface area contributed by atoms with Crippen LogP contribution < -0.4 is 15.6 Å². The van der Waals surface area contributed by atoms with Gasteiger partial charge >= 0.3 is 0 Å². The minimum Gasteiger partial charge on any atom is -0.364 e. The molecule has 3 rings (SSSR count). The quantitative estimate of drug-likeness (QED) is 0.815. The molecule has 1 aliphatic rings. The number of benzene rings is 1. The van der Waals surface area contributed by atoms with Crippen molar-refractivity contribution in [3.8, 4) is 12.5 Å². The summed E-state index contributed by atoms with van der Waals surface area (Å²) in [7, 11) is 0. The number of hydrogen-bond donors (Lipinski definition) is 1. The van der Waals surface area contributed by atoms with Gasteiger partial charge in [0, 0.05) is 43.5 Å². The van der Waals surface area contributed by atoms with E-state index < -0.39 is 17.1 Å². The number of nitrogens with one attached hydrogen (secondary N) is 1. The van der Waals surface area contributed by atoms with Crippen LogP contribution in [0.4, 0.5) is 14.5 Å². The Labute approximate surface area is 132 Å². The molecule has 2 heterocycles. The molecule has 0 aliphatic carbocycles. The molecule has 1 fully saturated rings. The number of aromatic nitrogens is 1. The third kappa shape index (κ3) is 2.47. The number of pyridine rings is 1. The molecule has 6 heteroatoms. The number of anilines is 1. The maximum atomic E-state index is 15.0. The normalized spacial score (nSPS) is 18.2. The second-order valence-corrected chi connectivity index (χ2v) is 5.86. The summed E-state index contributed by atoms with van der Waals surface area (Å²) in [5.74, 6) is -1.53. The lowest BCUT2D eigenvalue weighted by Crippen LogP contribution is -2.49. The molecule has 1 unspecified atom stereocenters. The lowest BCUT2D eigenvalue weighted by molar-refractivity contribution is 0.471. The van der Waals surface area contributed by atoms with E-state index in [2.05, 4.69) is 11.4 Å². The Bertz CT molecular complexity index is 882. The van der Waals surface area contributed by atoms with Gasteiger partial charge in [0.2, 0.25) is 0 Å². The maximum Gasteiger partial charge on any atom is 0.192 e. The zero-order chi connectivity index (χ0) is 16.7. The molecule has 1 atom stereocenters. The van der Waals surface area contributed by atoms with E-state index in [4.69, 9.17) is 6.42 Å². The van der Waals surface area contributed by atoms with E-state index in [9.17, 15) is 9.18 Å². The topological polar surface area (TPSA) is 37.3 Å². The Hall–Kier alpha value is -2.39. The average molecular weight is 317 g/mol. The van der Waals surface area contributed by atoms with Gasteiger partial charge in [0.05, 0.1) is 5.39 Å². The van der Waals surface area contributed by atoms with E-state index in [-0.39, 0.29) is 22.6 Å². The second kappa shape index (κ2) is 5.67. The van der Waals surface area contributed by atoms with Crippen LogP contribution in [0.25, 0.3) is 10.9 Å². The third-order valence-electron chi connectivity index (χ3n) is 4.16. The molecule has 1 aromatic heterocycles. The van der Waals surface area contributed by atoms with Crippen LogP contribution in [-0.2, 0) is 0 Å². The fraction of sp³-hybridized carbons (Fsp3) is 0.353. The number of rotatable bonds is 1. The summed E-state index contributed by atoms with van der Waals surface area (Å²) >= 11 is 0. The lowest BCUT2D eigenvalue weighted by Gasteiger charge is -2.34. The van der Waals surface area contributed by atoms with E-state index >= 15 is 4.39 Å². The molecule has 0 saturated carbocycles. The molecule has 1 aliphatic heterocycles. The molecule has 4 nitrogen and oxygen atoms in total. The largest absolute Gasteiger partial charge is 0.364 e. The predicted molar refractivity (Wildman–Crippen MR) is 86.8 cm³/mol. The van der Waals surface area contributed by atoms with Crippen molar-refractivity contribution in [3.05, 3.63) is 39.7 Å². The summed E-state index contributed by atoms with van der Waals surface area (Å²) < 4.78 is 30.8. The standard InChI is InChI=1S/C17H17F2N3O/c1-4-21-8-10(2)17(23)12-7-13(18)16(14(19)15(12)21)22-6-5-20-11(3)9-22/h1,7-8,11,20H,5-6,9H2,2-3H3. The van der Waals surface area contributed by atoms with Gasteiger partial charge in [-0.1, -0.05) is 6.42 Å². The predicted octanol–water partition coefficient (Wildman–Crippen LogP) is 1.83. The molecule has 0 bridgehead atoms. The molecule has 1 saturated heterocycles. The van der Waals surface area contributed by atoms with Crippen LogP contribution in [0.2, 0.25) is 0 Å². The van der Waals surface area contributed by atoms with Gasteiger partial charge in [-0.15, -0.1) is 0 Å². The molecule has 0 radical (unpaired) electrons. The Morgan fingerprint density at radius 1 is 1.43 bits per heavy atom. The van der Waals surface area contributed by atoms with Gasteiger partial charge in [0.1, 0.15) is 17.0 Å². The van der Waals surface area contributed by atoms with E-state index in [1.54, 1.807) is 11.8 Å². The first kappa shape index (κ1) is 15.5. The van der Waals surface area contributed by atoms with Gasteiger partial charge in [-0.3, -0.25) is 9.36 Å². The molecular formula is C17H17F2N3O. The van der Waals surface area contributed by atoms with Crippen LogP contribution in [0.15, 0.2) is 17.1 Å². The van der Waals surface area contributed by atoms with Crippen molar-refractivity contribution in [2.24, 2.45) is 0 Å². The van der Waals surface area contributed by atoms with Crippen molar-refractivity contribution in [1.29, 1.82) is 0 Å². The monoisotopic (exact) mass is 317 g/mol. The highest BCUT2D eigenvalue weighted by atomic mass is 19.1. The highest BCUT2D eigenvalue weighted by molar-refractivity contribution is 5.85. The van der Waals surface area contributed by atoms with E-state index in [0.29, 0.717) is 25.2 Å². The first-order valence-electron chi connectivity index (χ1n) is 7.43. The van der Waals surface area contributed by atoms with Crippen molar-refractivity contribution in [2.75, 3.05) is 24.5 Å². The molecule has 0 spiro atoms. The van der Waals surface area contributed by atoms with Crippen molar-refractivity contribution in [1.82, 2.24) is 9.88 Å². The summed E-state index contributed by atoms with van der Waals surface area (Å²) in [6, 6.07) is 3.53. The molecular weight excluding hydrogens is 300 g/mol. The summed E-state index contributed by atoms with van der Waals surface area (Å²) in [4.78, 5) is 13.9. The minimum atomic E-state index is -0.788. The minimum absolute atomic E-state index is 0.0371. The zero-order valence-electron chi connectivity index (χ0n) is 13.0. The molecule has 2 aromatic rings. The molecule has 1 N–H and O–H groups in total. The fourth-order valence-corrected chi connectivity index (χ4v) is 3.06. The molecule has 1 aromatic carbocycles. The van der Waals surface area contributed by atoms with Gasteiger partial charge < -0.3 is 10.2 Å². The van der Waals surface area contributed by atoms with Crippen LogP contribution in [0.5, 0.6) is 0 Å². The summed E-state index contributed by atoms with van der Waals surface area (Å²) in [5.41, 5.74) is -0.244. The SMILES string of the molecule is C#Cn1cc(C)c(=O)c2cc(F)c(N3CCNC(C)C3)c(F)c21. The number of nitrogens with zero attached hydrogens (tertiary/aromatic N) is 2. The number of aryl methyl sites for hydroxylation is 1. The molecule has 0 amide bonds. The maximum absolute atomic E-state index is 15.0. The zero-order valence-corrected chi connectivity index (χ0v) is 13.0. The Balaban J connectivity index is 2.31. The lowest BCUT2D eigenvalue weighted by atomic mass is 10.1. The van der Waals surface area contributed by atoms with Crippen LogP contribution in [-0.4, -0.2) is 30.2 Å². The highest BCUT2D eigenvalue weighted by Gasteiger charge is 2.25. The number of hydrogen-bond acceptors (Lipinski definition) is 3. The number of halogens is 2. The number of piperazine rings is 1. The van der Waals surface area contributed by atoms with E-state index in [0.717, 1.165) is 6.07 Å². The summed E-state index contributed by atoms with van der Waals surface area (Å²) in [5, 5.41) is 3.19. The third-order valence-corrected chi connectivity index (χ3v) is 4.16. The second-order valence-electron chi connectivity index (χ2n) is 5.86. The average Bonchev–Trinajstić information content (AvgIpc) is 2.51. The Kier molecular flexibility index (Phi) is 3.82. The smallest absolute Gasteiger partial charge is 0.192 e. The summed E-state index contributed by atoms with van der Waals surface area (Å²) in [6.45, 7) is 5.11. The van der Waals surface area contributed by atoms with Gasteiger partial charge in [-0.2, -0.15) is 0 Å². The van der Waals surface area contributed by atoms with Crippen molar-refractivity contribution in [2.45, 2.75) is 19.9 Å². The number of fused-ring (bicyclic) bond motifs is 1. The van der Waals surface area contributed by atoms with E-state index in [1.165, 1.54) is 10.8 Å². The van der Waals surface area contributed by atoms with Gasteiger partial charge in [0.25, 0.3) is 0 Å². The van der Waals surface area contributed by atoms with Gasteiger partial charge in [-0.05, 0) is 19.9 Å².